The van der Waals surface area contributed by atoms with Gasteiger partial charge in [-0.1, -0.05) is 23.5 Å². The number of aromatic nitrogens is 4. The lowest BCUT2D eigenvalue weighted by Crippen LogP contribution is -2.21. The van der Waals surface area contributed by atoms with Crippen molar-refractivity contribution in [3.8, 4) is 22.9 Å². The van der Waals surface area contributed by atoms with E-state index >= 15 is 0 Å². The Bertz CT molecular complexity index is 1240. The van der Waals surface area contributed by atoms with E-state index in [2.05, 4.69) is 30.6 Å². The molecule has 0 fully saturated rings. The number of pyridine rings is 1. The Kier molecular flexibility index (Phi) is 6.75. The quantitative estimate of drug-likeness (QED) is 0.404. The van der Waals surface area contributed by atoms with Crippen LogP contribution in [0.3, 0.4) is 0 Å². The second-order valence-corrected chi connectivity index (χ2v) is 7.99. The number of aryl methyl sites for hydroxylation is 1. The zero-order valence-corrected chi connectivity index (χ0v) is 19.1. The maximum absolute atomic E-state index is 12.5. The molecule has 0 aliphatic heterocycles. The zero-order valence-electron chi connectivity index (χ0n) is 18.3. The molecular weight excluding hydrogens is 440 g/mol. The standard InChI is InChI=1S/C23H22N6O3S/c1-14-27-18(16-6-9-21(32-3)24-12-16)10-20(28-14)29-23-26-13-19(33-23)22(30)25-11-15-4-7-17(31-2)8-5-15/h4-10,12-13H,11H2,1-3H3,(H,25,30)(H,26,27,28,29). The van der Waals surface area contributed by atoms with Gasteiger partial charge < -0.3 is 20.1 Å². The topological polar surface area (TPSA) is 111 Å². The molecule has 4 rings (SSSR count). The minimum atomic E-state index is -0.194. The van der Waals surface area contributed by atoms with Crippen LogP contribution in [0, 0.1) is 6.92 Å². The van der Waals surface area contributed by atoms with Gasteiger partial charge in [0.05, 0.1) is 26.1 Å². The molecule has 0 radical (unpaired) electrons. The summed E-state index contributed by atoms with van der Waals surface area (Å²) in [4.78, 5) is 30.4. The Morgan fingerprint density at radius 1 is 1.00 bits per heavy atom. The minimum Gasteiger partial charge on any atom is -0.497 e. The summed E-state index contributed by atoms with van der Waals surface area (Å²) in [6.45, 7) is 2.22. The number of amides is 1. The number of nitrogens with one attached hydrogen (secondary N) is 2. The molecule has 3 heterocycles. The van der Waals surface area contributed by atoms with Crippen molar-refractivity contribution >= 4 is 28.2 Å². The fraction of sp³-hybridized carbons (Fsp3) is 0.174. The number of hydrogen-bond donors (Lipinski definition) is 2. The third kappa shape index (κ3) is 5.60. The molecule has 0 bridgehead atoms. The van der Waals surface area contributed by atoms with E-state index in [1.807, 2.05) is 37.3 Å². The highest BCUT2D eigenvalue weighted by Crippen LogP contribution is 2.25. The molecule has 1 amide bonds. The van der Waals surface area contributed by atoms with Gasteiger partial charge in [0.25, 0.3) is 5.91 Å². The lowest BCUT2D eigenvalue weighted by Gasteiger charge is -2.07. The van der Waals surface area contributed by atoms with Gasteiger partial charge in [-0.25, -0.2) is 19.9 Å². The van der Waals surface area contributed by atoms with Crippen LogP contribution in [-0.4, -0.2) is 40.1 Å². The number of carbonyl (C=O) groups excluding carboxylic acids is 1. The van der Waals surface area contributed by atoms with Gasteiger partial charge in [0.1, 0.15) is 22.3 Å². The van der Waals surface area contributed by atoms with Crippen molar-refractivity contribution in [2.45, 2.75) is 13.5 Å². The molecule has 9 nitrogen and oxygen atoms in total. The van der Waals surface area contributed by atoms with Crippen molar-refractivity contribution in [2.24, 2.45) is 0 Å². The van der Waals surface area contributed by atoms with Crippen molar-refractivity contribution in [1.82, 2.24) is 25.3 Å². The summed E-state index contributed by atoms with van der Waals surface area (Å²) in [5.41, 5.74) is 2.53. The van der Waals surface area contributed by atoms with Crippen LogP contribution in [0.25, 0.3) is 11.3 Å². The molecule has 0 aliphatic rings. The van der Waals surface area contributed by atoms with Gasteiger partial charge >= 0.3 is 0 Å². The molecule has 0 spiro atoms. The van der Waals surface area contributed by atoms with E-state index < -0.39 is 0 Å². The fourth-order valence-electron chi connectivity index (χ4n) is 2.99. The van der Waals surface area contributed by atoms with Crippen LogP contribution in [-0.2, 0) is 6.54 Å². The largest absolute Gasteiger partial charge is 0.497 e. The molecule has 33 heavy (non-hydrogen) atoms. The molecule has 1 aromatic carbocycles. The predicted molar refractivity (Wildman–Crippen MR) is 126 cm³/mol. The van der Waals surface area contributed by atoms with Crippen LogP contribution in [0.4, 0.5) is 10.9 Å². The first-order valence-electron chi connectivity index (χ1n) is 10.0. The van der Waals surface area contributed by atoms with E-state index in [-0.39, 0.29) is 5.91 Å². The number of carbonyl (C=O) groups is 1. The number of hydrogen-bond acceptors (Lipinski definition) is 9. The van der Waals surface area contributed by atoms with E-state index in [1.165, 1.54) is 11.3 Å². The minimum absolute atomic E-state index is 0.194. The van der Waals surface area contributed by atoms with Crippen molar-refractivity contribution in [1.29, 1.82) is 0 Å². The number of rotatable bonds is 8. The van der Waals surface area contributed by atoms with E-state index in [4.69, 9.17) is 9.47 Å². The normalized spacial score (nSPS) is 10.5. The van der Waals surface area contributed by atoms with Gasteiger partial charge in [0.15, 0.2) is 5.13 Å². The molecule has 0 saturated carbocycles. The number of thiazole rings is 1. The first-order chi connectivity index (χ1) is 16.0. The molecule has 168 valence electrons. The molecule has 0 unspecified atom stereocenters. The SMILES string of the molecule is COc1ccc(CNC(=O)c2cnc(Nc3cc(-c4ccc(OC)nc4)nc(C)n3)s2)cc1. The molecule has 3 aromatic heterocycles. The first kappa shape index (κ1) is 22.2. The van der Waals surface area contributed by atoms with Crippen LogP contribution in [0.1, 0.15) is 21.1 Å². The lowest BCUT2D eigenvalue weighted by atomic mass is 10.2. The third-order valence-electron chi connectivity index (χ3n) is 4.66. The maximum atomic E-state index is 12.5. The van der Waals surface area contributed by atoms with E-state index in [0.29, 0.717) is 39.8 Å². The number of methoxy groups -OCH3 is 2. The molecule has 10 heteroatoms. The molecule has 2 N–H and O–H groups in total. The summed E-state index contributed by atoms with van der Waals surface area (Å²) in [6, 6.07) is 13.0. The van der Waals surface area contributed by atoms with E-state index in [1.54, 1.807) is 38.7 Å². The Morgan fingerprint density at radius 3 is 2.52 bits per heavy atom. The maximum Gasteiger partial charge on any atom is 0.263 e. The van der Waals surface area contributed by atoms with Crippen LogP contribution < -0.4 is 20.1 Å². The molecule has 0 atom stereocenters. The lowest BCUT2D eigenvalue weighted by molar-refractivity contribution is 0.0954. The van der Waals surface area contributed by atoms with Crippen molar-refractivity contribution < 1.29 is 14.3 Å². The van der Waals surface area contributed by atoms with Crippen LogP contribution in [0.2, 0.25) is 0 Å². The molecule has 4 aromatic rings. The molecule has 0 saturated heterocycles. The zero-order chi connectivity index (χ0) is 23.2. The fourth-order valence-corrected chi connectivity index (χ4v) is 3.73. The Morgan fingerprint density at radius 2 is 1.82 bits per heavy atom. The van der Waals surface area contributed by atoms with Gasteiger partial charge in [0, 0.05) is 30.4 Å². The van der Waals surface area contributed by atoms with Crippen LogP contribution in [0.5, 0.6) is 11.6 Å². The summed E-state index contributed by atoms with van der Waals surface area (Å²) in [5.74, 6) is 2.28. The van der Waals surface area contributed by atoms with E-state index in [9.17, 15) is 4.79 Å². The molecule has 0 aliphatic carbocycles. The summed E-state index contributed by atoms with van der Waals surface area (Å²) in [6.07, 6.45) is 3.23. The number of nitrogens with zero attached hydrogens (tertiary/aromatic N) is 4. The average molecular weight is 463 g/mol. The van der Waals surface area contributed by atoms with Crippen molar-refractivity contribution in [3.63, 3.8) is 0 Å². The average Bonchev–Trinajstić information content (AvgIpc) is 3.31. The van der Waals surface area contributed by atoms with Crippen LogP contribution in [0.15, 0.2) is 54.9 Å². The number of ether oxygens (including phenoxy) is 2. The highest BCUT2D eigenvalue weighted by Gasteiger charge is 2.12. The Hall–Kier alpha value is -4.05. The monoisotopic (exact) mass is 462 g/mol. The Balaban J connectivity index is 1.42. The first-order valence-corrected chi connectivity index (χ1v) is 10.9. The van der Waals surface area contributed by atoms with Gasteiger partial charge in [-0.05, 0) is 30.7 Å². The number of anilines is 2. The summed E-state index contributed by atoms with van der Waals surface area (Å²) in [5, 5.41) is 6.61. The highest BCUT2D eigenvalue weighted by atomic mass is 32.1. The van der Waals surface area contributed by atoms with Crippen molar-refractivity contribution in [3.05, 3.63) is 71.1 Å². The summed E-state index contributed by atoms with van der Waals surface area (Å²) >= 11 is 1.25. The predicted octanol–water partition coefficient (Wildman–Crippen LogP) is 3.99. The van der Waals surface area contributed by atoms with Gasteiger partial charge in [-0.15, -0.1) is 0 Å². The third-order valence-corrected chi connectivity index (χ3v) is 5.57. The van der Waals surface area contributed by atoms with Gasteiger partial charge in [-0.3, -0.25) is 4.79 Å². The van der Waals surface area contributed by atoms with Crippen molar-refractivity contribution in [2.75, 3.05) is 19.5 Å². The van der Waals surface area contributed by atoms with Crippen LogP contribution >= 0.6 is 11.3 Å². The summed E-state index contributed by atoms with van der Waals surface area (Å²) < 4.78 is 10.3. The smallest absolute Gasteiger partial charge is 0.263 e. The highest BCUT2D eigenvalue weighted by molar-refractivity contribution is 7.17. The molecular formula is C23H22N6O3S. The summed E-state index contributed by atoms with van der Waals surface area (Å²) in [7, 11) is 3.19. The number of benzene rings is 1. The van der Waals surface area contributed by atoms with E-state index in [0.717, 1.165) is 16.9 Å². The Labute approximate surface area is 194 Å². The second-order valence-electron chi connectivity index (χ2n) is 6.96. The van der Waals surface area contributed by atoms with Gasteiger partial charge in [-0.2, -0.15) is 0 Å². The van der Waals surface area contributed by atoms with Gasteiger partial charge in [0.2, 0.25) is 5.88 Å². The second kappa shape index (κ2) is 10.0.